The van der Waals surface area contributed by atoms with Crippen molar-refractivity contribution in [1.29, 1.82) is 0 Å². The van der Waals surface area contributed by atoms with Gasteiger partial charge < -0.3 is 15.5 Å². The van der Waals surface area contributed by atoms with Crippen LogP contribution in [-0.2, 0) is 17.9 Å². The number of benzene rings is 2. The molecule has 26 heavy (non-hydrogen) atoms. The van der Waals surface area contributed by atoms with Crippen LogP contribution in [0.5, 0.6) is 0 Å². The molecule has 0 aliphatic carbocycles. The zero-order valence-electron chi connectivity index (χ0n) is 15.3. The van der Waals surface area contributed by atoms with Crippen molar-refractivity contribution >= 4 is 28.9 Å². The fraction of sp³-hybridized carbons (Fsp3) is 0.333. The Balaban J connectivity index is 1.49. The van der Waals surface area contributed by atoms with Crippen LogP contribution in [0.1, 0.15) is 35.1 Å². The van der Waals surface area contributed by atoms with Gasteiger partial charge >= 0.3 is 0 Å². The fourth-order valence-electron chi connectivity index (χ4n) is 3.16. The van der Waals surface area contributed by atoms with Crippen LogP contribution in [0.25, 0.3) is 0 Å². The zero-order chi connectivity index (χ0) is 18.5. The molecule has 0 radical (unpaired) electrons. The third-order valence-corrected chi connectivity index (χ3v) is 4.90. The lowest BCUT2D eigenvalue weighted by Gasteiger charge is -2.16. The Kier molecular flexibility index (Phi) is 5.89. The largest absolute Gasteiger partial charge is 0.358 e. The van der Waals surface area contributed by atoms with E-state index in [0.29, 0.717) is 24.6 Å². The van der Waals surface area contributed by atoms with E-state index in [0.717, 1.165) is 24.2 Å². The molecule has 1 saturated heterocycles. The van der Waals surface area contributed by atoms with Gasteiger partial charge in [0.15, 0.2) is 5.11 Å². The molecule has 1 aliphatic heterocycles. The van der Waals surface area contributed by atoms with Gasteiger partial charge in [-0.05, 0) is 55.2 Å². The Hall–Kier alpha value is -2.40. The normalized spacial score (nSPS) is 13.8. The predicted molar refractivity (Wildman–Crippen MR) is 110 cm³/mol. The lowest BCUT2D eigenvalue weighted by Crippen LogP contribution is -2.28. The molecule has 2 aromatic carbocycles. The third-order valence-electron chi connectivity index (χ3n) is 4.65. The monoisotopic (exact) mass is 367 g/mol. The van der Waals surface area contributed by atoms with Gasteiger partial charge in [0, 0.05) is 31.7 Å². The Morgan fingerprint density at radius 3 is 2.50 bits per heavy atom. The zero-order valence-corrected chi connectivity index (χ0v) is 16.2. The van der Waals surface area contributed by atoms with Crippen molar-refractivity contribution in [3.05, 3.63) is 64.7 Å². The number of aryl methyl sites for hydroxylation is 2. The number of hydrogen-bond donors (Lipinski definition) is 2. The summed E-state index contributed by atoms with van der Waals surface area (Å²) in [5, 5.41) is 7.11. The number of nitrogens with one attached hydrogen (secondary N) is 2. The number of carbonyl (C=O) groups excluding carboxylic acids is 1. The van der Waals surface area contributed by atoms with E-state index in [1.807, 2.05) is 11.0 Å². The van der Waals surface area contributed by atoms with E-state index >= 15 is 0 Å². The predicted octanol–water partition coefficient (Wildman–Crippen LogP) is 3.91. The summed E-state index contributed by atoms with van der Waals surface area (Å²) in [4.78, 5) is 13.6. The van der Waals surface area contributed by atoms with Crippen molar-refractivity contribution in [3.8, 4) is 0 Å². The average Bonchev–Trinajstić information content (AvgIpc) is 3.02. The second-order valence-electron chi connectivity index (χ2n) is 6.86. The smallest absolute Gasteiger partial charge is 0.222 e. The molecule has 1 amide bonds. The Morgan fingerprint density at radius 1 is 1.12 bits per heavy atom. The molecule has 0 unspecified atom stereocenters. The first-order valence-electron chi connectivity index (χ1n) is 8.99. The van der Waals surface area contributed by atoms with Gasteiger partial charge in [-0.2, -0.15) is 0 Å². The Labute approximate surface area is 160 Å². The van der Waals surface area contributed by atoms with E-state index in [2.05, 4.69) is 60.9 Å². The molecule has 3 rings (SSSR count). The number of carbonyl (C=O) groups is 1. The summed E-state index contributed by atoms with van der Waals surface area (Å²) in [5.74, 6) is 0.263. The van der Waals surface area contributed by atoms with Gasteiger partial charge in [-0.25, -0.2) is 0 Å². The van der Waals surface area contributed by atoms with Crippen LogP contribution in [0.2, 0.25) is 0 Å². The van der Waals surface area contributed by atoms with Gasteiger partial charge in [-0.15, -0.1) is 0 Å². The first-order valence-corrected chi connectivity index (χ1v) is 9.40. The quantitative estimate of drug-likeness (QED) is 0.787. The number of rotatable bonds is 5. The van der Waals surface area contributed by atoms with Crippen LogP contribution < -0.4 is 10.6 Å². The van der Waals surface area contributed by atoms with Crippen molar-refractivity contribution in [1.82, 2.24) is 10.2 Å². The molecule has 1 aliphatic rings. The topological polar surface area (TPSA) is 44.4 Å². The molecule has 0 spiro atoms. The maximum atomic E-state index is 11.7. The maximum Gasteiger partial charge on any atom is 0.222 e. The van der Waals surface area contributed by atoms with E-state index in [1.54, 1.807) is 0 Å². The standard InChI is InChI=1S/C21H25N3OS/c1-15-5-10-19(16(2)12-15)23-21(26)22-13-17-6-8-18(9-7-17)14-24-11-3-4-20(24)25/h5-10,12H,3-4,11,13-14H2,1-2H3,(H2,22,23,26). The SMILES string of the molecule is Cc1ccc(NC(=S)NCc2ccc(CN3CCCC3=O)cc2)c(C)c1. The summed E-state index contributed by atoms with van der Waals surface area (Å²) in [6, 6.07) is 14.6. The average molecular weight is 368 g/mol. The first-order chi connectivity index (χ1) is 12.5. The number of hydrogen-bond acceptors (Lipinski definition) is 2. The van der Waals surface area contributed by atoms with Gasteiger partial charge in [0.25, 0.3) is 0 Å². The van der Waals surface area contributed by atoms with Crippen molar-refractivity contribution < 1.29 is 4.79 Å². The molecule has 0 atom stereocenters. The first kappa shape index (κ1) is 18.4. The lowest BCUT2D eigenvalue weighted by molar-refractivity contribution is -0.128. The fourth-order valence-corrected chi connectivity index (χ4v) is 3.34. The Morgan fingerprint density at radius 2 is 1.85 bits per heavy atom. The van der Waals surface area contributed by atoms with Crippen molar-refractivity contribution in [2.45, 2.75) is 39.8 Å². The maximum absolute atomic E-state index is 11.7. The molecule has 1 fully saturated rings. The van der Waals surface area contributed by atoms with E-state index in [9.17, 15) is 4.79 Å². The molecule has 0 saturated carbocycles. The van der Waals surface area contributed by atoms with Gasteiger partial charge in [0.05, 0.1) is 0 Å². The van der Waals surface area contributed by atoms with E-state index in [-0.39, 0.29) is 5.91 Å². The molecule has 5 heteroatoms. The summed E-state index contributed by atoms with van der Waals surface area (Å²) < 4.78 is 0. The lowest BCUT2D eigenvalue weighted by atomic mass is 10.1. The van der Waals surface area contributed by atoms with Crippen LogP contribution in [0.15, 0.2) is 42.5 Å². The van der Waals surface area contributed by atoms with Gasteiger partial charge in [0.2, 0.25) is 5.91 Å². The molecular formula is C21H25N3OS. The molecule has 0 aromatic heterocycles. The highest BCUT2D eigenvalue weighted by Crippen LogP contribution is 2.16. The number of nitrogens with zero attached hydrogens (tertiary/aromatic N) is 1. The summed E-state index contributed by atoms with van der Waals surface area (Å²) in [7, 11) is 0. The second kappa shape index (κ2) is 8.32. The van der Waals surface area contributed by atoms with Crippen molar-refractivity contribution in [2.24, 2.45) is 0 Å². The van der Waals surface area contributed by atoms with E-state index in [4.69, 9.17) is 12.2 Å². The van der Waals surface area contributed by atoms with E-state index in [1.165, 1.54) is 16.7 Å². The summed E-state index contributed by atoms with van der Waals surface area (Å²) in [6.07, 6.45) is 1.67. The van der Waals surface area contributed by atoms with E-state index < -0.39 is 0 Å². The summed E-state index contributed by atoms with van der Waals surface area (Å²) in [5.41, 5.74) is 5.77. The van der Waals surface area contributed by atoms with Crippen LogP contribution in [0, 0.1) is 13.8 Å². The van der Waals surface area contributed by atoms with Gasteiger partial charge in [0.1, 0.15) is 0 Å². The minimum atomic E-state index is 0.263. The van der Waals surface area contributed by atoms with Crippen LogP contribution in [0.3, 0.4) is 0 Å². The molecule has 4 nitrogen and oxygen atoms in total. The minimum Gasteiger partial charge on any atom is -0.358 e. The molecule has 1 heterocycles. The third kappa shape index (κ3) is 4.82. The molecule has 2 N–H and O–H groups in total. The van der Waals surface area contributed by atoms with Crippen LogP contribution in [0.4, 0.5) is 5.69 Å². The molecule has 0 bridgehead atoms. The molecule has 2 aromatic rings. The highest BCUT2D eigenvalue weighted by Gasteiger charge is 2.19. The number of amides is 1. The van der Waals surface area contributed by atoms with Crippen molar-refractivity contribution in [2.75, 3.05) is 11.9 Å². The summed E-state index contributed by atoms with van der Waals surface area (Å²) >= 11 is 5.40. The van der Waals surface area contributed by atoms with Gasteiger partial charge in [-0.1, -0.05) is 42.0 Å². The van der Waals surface area contributed by atoms with Crippen molar-refractivity contribution in [3.63, 3.8) is 0 Å². The highest BCUT2D eigenvalue weighted by atomic mass is 32.1. The Bertz CT molecular complexity index is 801. The number of thiocarbonyl (C=S) groups is 1. The molecule has 136 valence electrons. The summed E-state index contributed by atoms with van der Waals surface area (Å²) in [6.45, 7) is 6.40. The highest BCUT2D eigenvalue weighted by molar-refractivity contribution is 7.80. The van der Waals surface area contributed by atoms with Crippen LogP contribution in [-0.4, -0.2) is 22.5 Å². The number of likely N-dealkylation sites (tertiary alicyclic amines) is 1. The second-order valence-corrected chi connectivity index (χ2v) is 7.27. The minimum absolute atomic E-state index is 0.263. The van der Waals surface area contributed by atoms with Crippen LogP contribution >= 0.6 is 12.2 Å². The van der Waals surface area contributed by atoms with Gasteiger partial charge in [-0.3, -0.25) is 4.79 Å². The molecular weight excluding hydrogens is 342 g/mol. The number of anilines is 1.